The minimum Gasteiger partial charge on any atom is -0.339 e. The number of nitrogens with one attached hydrogen (secondary N) is 1. The average molecular weight is 278 g/mol. The smallest absolute Gasteiger partial charge is 0.339 e. The summed E-state index contributed by atoms with van der Waals surface area (Å²) in [4.78, 5) is 24.0. The zero-order valence-electron chi connectivity index (χ0n) is 11.0. The van der Waals surface area contributed by atoms with E-state index in [1.807, 2.05) is 6.92 Å². The van der Waals surface area contributed by atoms with Gasteiger partial charge in [0.05, 0.1) is 6.54 Å². The first-order valence-corrected chi connectivity index (χ1v) is 6.21. The van der Waals surface area contributed by atoms with Gasteiger partial charge in [-0.1, -0.05) is 13.8 Å². The number of nitrogens with zero attached hydrogens (tertiary/aromatic N) is 1. The number of amides is 2. The van der Waals surface area contributed by atoms with Crippen molar-refractivity contribution in [3.8, 4) is 0 Å². The molecular formula is C12H17F3N2O2. The Morgan fingerprint density at radius 1 is 1.37 bits per heavy atom. The predicted octanol–water partition coefficient (Wildman–Crippen LogP) is 1.17. The third-order valence-corrected chi connectivity index (χ3v) is 4.52. The van der Waals surface area contributed by atoms with Gasteiger partial charge in [0.2, 0.25) is 5.91 Å². The van der Waals surface area contributed by atoms with Gasteiger partial charge < -0.3 is 10.2 Å². The fourth-order valence-corrected chi connectivity index (χ4v) is 3.35. The van der Waals surface area contributed by atoms with Crippen molar-refractivity contribution in [2.75, 3.05) is 13.1 Å². The second-order valence-electron chi connectivity index (χ2n) is 5.92. The normalized spacial score (nSPS) is 31.9. The summed E-state index contributed by atoms with van der Waals surface area (Å²) < 4.78 is 36.0. The number of alkyl halides is 3. The molecule has 0 aromatic heterocycles. The van der Waals surface area contributed by atoms with Gasteiger partial charge in [0.1, 0.15) is 0 Å². The lowest BCUT2D eigenvalue weighted by Crippen LogP contribution is -2.47. The third-order valence-electron chi connectivity index (χ3n) is 4.52. The van der Waals surface area contributed by atoms with Crippen LogP contribution in [0.2, 0.25) is 0 Å². The average Bonchev–Trinajstić information content (AvgIpc) is 2.64. The molecule has 4 nitrogen and oxygen atoms in total. The van der Waals surface area contributed by atoms with Crippen molar-refractivity contribution in [3.05, 3.63) is 0 Å². The summed E-state index contributed by atoms with van der Waals surface area (Å²) in [7, 11) is 0. The summed E-state index contributed by atoms with van der Waals surface area (Å²) in [6.45, 7) is 6.14. The van der Waals surface area contributed by atoms with Gasteiger partial charge in [-0.05, 0) is 24.2 Å². The second-order valence-corrected chi connectivity index (χ2v) is 5.92. The van der Waals surface area contributed by atoms with Gasteiger partial charge in [0.25, 0.3) is 0 Å². The Kier molecular flexibility index (Phi) is 3.06. The van der Waals surface area contributed by atoms with E-state index in [0.29, 0.717) is 18.4 Å². The molecule has 0 spiro atoms. The summed E-state index contributed by atoms with van der Waals surface area (Å²) in [5, 5.41) is 1.62. The van der Waals surface area contributed by atoms with E-state index in [2.05, 4.69) is 13.8 Å². The van der Waals surface area contributed by atoms with Gasteiger partial charge in [-0.15, -0.1) is 0 Å². The molecule has 1 heterocycles. The van der Waals surface area contributed by atoms with Crippen LogP contribution in [-0.2, 0) is 9.59 Å². The standard InChI is InChI=1S/C12H17F3N2O2/c1-6-9-7(11(9,2)3)5-17(6)8(18)4-16-10(19)12(13,14)15/h6-7,9H,4-5H2,1-3H3,(H,16,19)/t6-,7?,9?/m1/s1. The predicted molar refractivity (Wildman–Crippen MR) is 61.0 cm³/mol. The van der Waals surface area contributed by atoms with Crippen molar-refractivity contribution >= 4 is 11.8 Å². The van der Waals surface area contributed by atoms with Crippen LogP contribution in [0.4, 0.5) is 13.2 Å². The van der Waals surface area contributed by atoms with E-state index in [9.17, 15) is 22.8 Å². The summed E-state index contributed by atoms with van der Waals surface area (Å²) in [5.74, 6) is -1.69. The highest BCUT2D eigenvalue weighted by molar-refractivity contribution is 5.87. The van der Waals surface area contributed by atoms with Crippen LogP contribution < -0.4 is 5.32 Å². The number of carbonyl (C=O) groups excluding carboxylic acids is 2. The monoisotopic (exact) mass is 278 g/mol. The van der Waals surface area contributed by atoms with Crippen molar-refractivity contribution in [2.24, 2.45) is 17.3 Å². The molecule has 7 heteroatoms. The summed E-state index contributed by atoms with van der Waals surface area (Å²) in [6.07, 6.45) is -4.94. The number of piperidine rings is 1. The Morgan fingerprint density at radius 2 is 1.95 bits per heavy atom. The molecule has 3 atom stereocenters. The molecule has 19 heavy (non-hydrogen) atoms. The van der Waals surface area contributed by atoms with Crippen molar-refractivity contribution in [2.45, 2.75) is 33.0 Å². The minimum atomic E-state index is -4.94. The quantitative estimate of drug-likeness (QED) is 0.824. The third kappa shape index (κ3) is 2.30. The van der Waals surface area contributed by atoms with Crippen LogP contribution in [0.5, 0.6) is 0 Å². The molecule has 2 unspecified atom stereocenters. The summed E-state index contributed by atoms with van der Waals surface area (Å²) >= 11 is 0. The van der Waals surface area contributed by atoms with Gasteiger partial charge in [0, 0.05) is 12.6 Å². The molecule has 2 amide bonds. The van der Waals surface area contributed by atoms with Crippen molar-refractivity contribution < 1.29 is 22.8 Å². The van der Waals surface area contributed by atoms with E-state index in [4.69, 9.17) is 0 Å². The van der Waals surface area contributed by atoms with E-state index in [-0.39, 0.29) is 11.5 Å². The van der Waals surface area contributed by atoms with E-state index in [1.54, 1.807) is 10.2 Å². The first-order chi connectivity index (χ1) is 8.56. The van der Waals surface area contributed by atoms with Crippen molar-refractivity contribution in [3.63, 3.8) is 0 Å². The van der Waals surface area contributed by atoms with Gasteiger partial charge in [-0.3, -0.25) is 9.59 Å². The molecule has 2 aliphatic rings. The molecular weight excluding hydrogens is 261 g/mol. The van der Waals surface area contributed by atoms with Gasteiger partial charge in [-0.2, -0.15) is 13.2 Å². The van der Waals surface area contributed by atoms with E-state index in [1.165, 1.54) is 0 Å². The van der Waals surface area contributed by atoms with Crippen LogP contribution in [0, 0.1) is 17.3 Å². The number of carbonyl (C=O) groups is 2. The lowest BCUT2D eigenvalue weighted by Gasteiger charge is -2.28. The molecule has 108 valence electrons. The van der Waals surface area contributed by atoms with E-state index in [0.717, 1.165) is 0 Å². The van der Waals surface area contributed by atoms with Crippen LogP contribution in [0.25, 0.3) is 0 Å². The molecule has 0 bridgehead atoms. The number of hydrogen-bond acceptors (Lipinski definition) is 2. The highest BCUT2D eigenvalue weighted by atomic mass is 19.4. The number of likely N-dealkylation sites (tertiary alicyclic amines) is 1. The fourth-order valence-electron chi connectivity index (χ4n) is 3.35. The second kappa shape index (κ2) is 4.11. The van der Waals surface area contributed by atoms with E-state index >= 15 is 0 Å². The molecule has 1 saturated heterocycles. The molecule has 0 aromatic rings. The maximum Gasteiger partial charge on any atom is 0.471 e. The van der Waals surface area contributed by atoms with Crippen LogP contribution >= 0.6 is 0 Å². The maximum atomic E-state index is 12.0. The molecule has 2 rings (SSSR count). The Balaban J connectivity index is 1.85. The number of rotatable bonds is 2. The molecule has 1 aliphatic heterocycles. The highest BCUT2D eigenvalue weighted by Gasteiger charge is 2.66. The fraction of sp³-hybridized carbons (Fsp3) is 0.833. The Morgan fingerprint density at radius 3 is 2.37 bits per heavy atom. The van der Waals surface area contributed by atoms with Crippen molar-refractivity contribution in [1.29, 1.82) is 0 Å². The molecule has 1 aliphatic carbocycles. The summed E-state index contributed by atoms with van der Waals surface area (Å²) in [6, 6.07) is 0.0234. The molecule has 1 saturated carbocycles. The van der Waals surface area contributed by atoms with Gasteiger partial charge >= 0.3 is 12.1 Å². The van der Waals surface area contributed by atoms with Crippen molar-refractivity contribution in [1.82, 2.24) is 10.2 Å². The molecule has 0 aromatic carbocycles. The lowest BCUT2D eigenvalue weighted by atomic mass is 10.0. The highest BCUT2D eigenvalue weighted by Crippen LogP contribution is 2.64. The Bertz CT molecular complexity index is 420. The topological polar surface area (TPSA) is 49.4 Å². The lowest BCUT2D eigenvalue weighted by molar-refractivity contribution is -0.174. The number of hydrogen-bond donors (Lipinski definition) is 1. The largest absolute Gasteiger partial charge is 0.471 e. The van der Waals surface area contributed by atoms with Crippen LogP contribution in [0.1, 0.15) is 20.8 Å². The number of halogens is 3. The number of fused-ring (bicyclic) bond motifs is 1. The van der Waals surface area contributed by atoms with Crippen LogP contribution in [0.3, 0.4) is 0 Å². The Hall–Kier alpha value is -1.27. The Labute approximate surface area is 109 Å². The van der Waals surface area contributed by atoms with Crippen LogP contribution in [-0.4, -0.2) is 42.0 Å². The molecule has 2 fully saturated rings. The van der Waals surface area contributed by atoms with Crippen LogP contribution in [0.15, 0.2) is 0 Å². The first kappa shape index (κ1) is 14.1. The molecule has 1 N–H and O–H groups in total. The molecule has 0 radical (unpaired) electrons. The zero-order valence-corrected chi connectivity index (χ0v) is 11.0. The van der Waals surface area contributed by atoms with Gasteiger partial charge in [-0.25, -0.2) is 0 Å². The first-order valence-electron chi connectivity index (χ1n) is 6.21. The maximum absolute atomic E-state index is 12.0. The SMILES string of the molecule is C[C@@H]1C2C(CN1C(=O)CNC(=O)C(F)(F)F)C2(C)C. The van der Waals surface area contributed by atoms with Gasteiger partial charge in [0.15, 0.2) is 0 Å². The summed E-state index contributed by atoms with van der Waals surface area (Å²) in [5.41, 5.74) is 0.214. The van der Waals surface area contributed by atoms with E-state index < -0.39 is 24.5 Å². The minimum absolute atomic E-state index is 0.0234. The zero-order chi connectivity index (χ0) is 14.6.